The van der Waals surface area contributed by atoms with Crippen LogP contribution in [0, 0.1) is 6.92 Å². The van der Waals surface area contributed by atoms with E-state index in [0.717, 1.165) is 43.3 Å². The highest BCUT2D eigenvalue weighted by Crippen LogP contribution is 2.28. The van der Waals surface area contributed by atoms with Crippen molar-refractivity contribution in [1.82, 2.24) is 19.9 Å². The van der Waals surface area contributed by atoms with Gasteiger partial charge in [0.1, 0.15) is 0 Å². The molecule has 1 saturated heterocycles. The Morgan fingerprint density at radius 3 is 2.92 bits per heavy atom. The number of methoxy groups -OCH3 is 1. The number of piperidine rings is 1. The van der Waals surface area contributed by atoms with E-state index in [9.17, 15) is 0 Å². The zero-order valence-electron chi connectivity index (χ0n) is 14.4. The standard InChI is InChI=1S/C18H25N5O/c1-14-11-16(22-18-19-6-4-7-20-18)12-17(21-14)15-5-3-8-23(13-15)9-10-24-2/h4,6-7,11-12,15H,3,5,8-10,13H2,1-2H3,(H,19,20,21,22). The van der Waals surface area contributed by atoms with Crippen LogP contribution in [-0.4, -0.2) is 53.2 Å². The summed E-state index contributed by atoms with van der Waals surface area (Å²) in [5.74, 6) is 1.08. The second-order valence-electron chi connectivity index (χ2n) is 6.25. The molecule has 0 aliphatic carbocycles. The molecule has 0 saturated carbocycles. The molecular weight excluding hydrogens is 302 g/mol. The molecule has 0 aromatic carbocycles. The molecule has 3 heterocycles. The quantitative estimate of drug-likeness (QED) is 0.880. The summed E-state index contributed by atoms with van der Waals surface area (Å²) in [7, 11) is 1.76. The van der Waals surface area contributed by atoms with Crippen LogP contribution in [0.2, 0.25) is 0 Å². The minimum atomic E-state index is 0.466. The van der Waals surface area contributed by atoms with Crippen LogP contribution in [0.3, 0.4) is 0 Å². The first-order valence-electron chi connectivity index (χ1n) is 8.48. The van der Waals surface area contributed by atoms with Crippen LogP contribution in [0.1, 0.15) is 30.1 Å². The maximum absolute atomic E-state index is 5.21. The smallest absolute Gasteiger partial charge is 0.227 e. The predicted octanol–water partition coefficient (Wildman–Crippen LogP) is 2.75. The number of pyridine rings is 1. The zero-order chi connectivity index (χ0) is 16.8. The maximum atomic E-state index is 5.21. The highest BCUT2D eigenvalue weighted by atomic mass is 16.5. The van der Waals surface area contributed by atoms with E-state index < -0.39 is 0 Å². The molecule has 0 amide bonds. The van der Waals surface area contributed by atoms with Crippen molar-refractivity contribution in [2.45, 2.75) is 25.7 Å². The van der Waals surface area contributed by atoms with Crippen LogP contribution in [0.4, 0.5) is 11.6 Å². The van der Waals surface area contributed by atoms with Crippen LogP contribution < -0.4 is 5.32 Å². The van der Waals surface area contributed by atoms with Crippen molar-refractivity contribution in [3.63, 3.8) is 0 Å². The summed E-state index contributed by atoms with van der Waals surface area (Å²) in [6.07, 6.45) is 5.86. The van der Waals surface area contributed by atoms with Gasteiger partial charge in [0.15, 0.2) is 0 Å². The van der Waals surface area contributed by atoms with E-state index in [1.165, 1.54) is 12.8 Å². The Morgan fingerprint density at radius 1 is 1.29 bits per heavy atom. The van der Waals surface area contributed by atoms with E-state index in [2.05, 4.69) is 26.3 Å². The van der Waals surface area contributed by atoms with Gasteiger partial charge in [-0.25, -0.2) is 9.97 Å². The Kier molecular flexibility index (Phi) is 5.72. The van der Waals surface area contributed by atoms with Crippen LogP contribution in [0.5, 0.6) is 0 Å². The summed E-state index contributed by atoms with van der Waals surface area (Å²) < 4.78 is 5.21. The van der Waals surface area contributed by atoms with Gasteiger partial charge in [-0.05, 0) is 44.5 Å². The highest BCUT2D eigenvalue weighted by molar-refractivity contribution is 5.54. The Labute approximate surface area is 143 Å². The van der Waals surface area contributed by atoms with Crippen LogP contribution >= 0.6 is 0 Å². The van der Waals surface area contributed by atoms with Crippen LogP contribution in [0.25, 0.3) is 0 Å². The van der Waals surface area contributed by atoms with Crippen molar-refractivity contribution in [2.24, 2.45) is 0 Å². The summed E-state index contributed by atoms with van der Waals surface area (Å²) in [6, 6.07) is 5.98. The number of anilines is 2. The van der Waals surface area contributed by atoms with Gasteiger partial charge in [0, 0.05) is 55.6 Å². The van der Waals surface area contributed by atoms with E-state index >= 15 is 0 Å². The molecule has 24 heavy (non-hydrogen) atoms. The molecule has 1 atom stereocenters. The van der Waals surface area contributed by atoms with Gasteiger partial charge in [0.25, 0.3) is 0 Å². The van der Waals surface area contributed by atoms with Gasteiger partial charge in [-0.3, -0.25) is 4.98 Å². The average Bonchev–Trinajstić information content (AvgIpc) is 2.60. The van der Waals surface area contributed by atoms with Crippen LogP contribution in [-0.2, 0) is 4.74 Å². The Bertz CT molecular complexity index is 649. The van der Waals surface area contributed by atoms with Crippen molar-refractivity contribution >= 4 is 11.6 Å². The van der Waals surface area contributed by atoms with Gasteiger partial charge >= 0.3 is 0 Å². The first kappa shape index (κ1) is 16.8. The van der Waals surface area contributed by atoms with Crippen molar-refractivity contribution in [1.29, 1.82) is 0 Å². The van der Waals surface area contributed by atoms with Gasteiger partial charge in [0.05, 0.1) is 6.61 Å². The minimum absolute atomic E-state index is 0.466. The molecule has 2 aromatic heterocycles. The van der Waals surface area contributed by atoms with Gasteiger partial charge in [0.2, 0.25) is 5.95 Å². The fourth-order valence-electron chi connectivity index (χ4n) is 3.19. The number of ether oxygens (including phenoxy) is 1. The summed E-state index contributed by atoms with van der Waals surface area (Å²) >= 11 is 0. The predicted molar refractivity (Wildman–Crippen MR) is 94.6 cm³/mol. The van der Waals surface area contributed by atoms with Crippen molar-refractivity contribution in [2.75, 3.05) is 38.7 Å². The van der Waals surface area contributed by atoms with Gasteiger partial charge in [-0.2, -0.15) is 0 Å². The Morgan fingerprint density at radius 2 is 2.12 bits per heavy atom. The number of hydrogen-bond acceptors (Lipinski definition) is 6. The van der Waals surface area contributed by atoms with E-state index in [-0.39, 0.29) is 0 Å². The fourth-order valence-corrected chi connectivity index (χ4v) is 3.19. The third-order valence-electron chi connectivity index (χ3n) is 4.33. The molecule has 1 aliphatic rings. The molecule has 3 rings (SSSR count). The molecule has 0 bridgehead atoms. The van der Waals surface area contributed by atoms with Gasteiger partial charge in [-0.15, -0.1) is 0 Å². The molecule has 1 fully saturated rings. The lowest BCUT2D eigenvalue weighted by atomic mass is 9.94. The molecule has 128 valence electrons. The topological polar surface area (TPSA) is 63.2 Å². The number of likely N-dealkylation sites (tertiary alicyclic amines) is 1. The molecule has 6 nitrogen and oxygen atoms in total. The van der Waals surface area contributed by atoms with Crippen molar-refractivity contribution < 1.29 is 4.74 Å². The molecule has 1 N–H and O–H groups in total. The lowest BCUT2D eigenvalue weighted by Crippen LogP contribution is -2.36. The van der Waals surface area contributed by atoms with Crippen molar-refractivity contribution in [3.8, 4) is 0 Å². The molecule has 2 aromatic rings. The van der Waals surface area contributed by atoms with E-state index in [4.69, 9.17) is 9.72 Å². The summed E-state index contributed by atoms with van der Waals surface area (Å²) in [5.41, 5.74) is 3.16. The molecule has 1 aliphatic heterocycles. The van der Waals surface area contributed by atoms with Crippen LogP contribution in [0.15, 0.2) is 30.6 Å². The fraction of sp³-hybridized carbons (Fsp3) is 0.500. The van der Waals surface area contributed by atoms with E-state index in [0.29, 0.717) is 11.9 Å². The minimum Gasteiger partial charge on any atom is -0.383 e. The SMILES string of the molecule is COCCN1CCCC(c2cc(Nc3ncccn3)cc(C)n2)C1. The molecule has 1 unspecified atom stereocenters. The summed E-state index contributed by atoms with van der Waals surface area (Å²) in [4.78, 5) is 15.7. The van der Waals surface area contributed by atoms with Crippen molar-refractivity contribution in [3.05, 3.63) is 42.0 Å². The molecular formula is C18H25N5O. The highest BCUT2D eigenvalue weighted by Gasteiger charge is 2.22. The number of aryl methyl sites for hydroxylation is 1. The Balaban J connectivity index is 1.73. The van der Waals surface area contributed by atoms with Gasteiger partial charge in [-0.1, -0.05) is 0 Å². The average molecular weight is 327 g/mol. The monoisotopic (exact) mass is 327 g/mol. The van der Waals surface area contributed by atoms with Gasteiger partial charge < -0.3 is 15.0 Å². The second-order valence-corrected chi connectivity index (χ2v) is 6.25. The van der Waals surface area contributed by atoms with E-state index in [1.807, 2.05) is 19.1 Å². The molecule has 0 spiro atoms. The lowest BCUT2D eigenvalue weighted by Gasteiger charge is -2.32. The lowest BCUT2D eigenvalue weighted by molar-refractivity contribution is 0.127. The molecule has 0 radical (unpaired) electrons. The number of aromatic nitrogens is 3. The number of hydrogen-bond donors (Lipinski definition) is 1. The summed E-state index contributed by atoms with van der Waals surface area (Å²) in [6.45, 7) is 6.00. The van der Waals surface area contributed by atoms with E-state index in [1.54, 1.807) is 19.5 Å². The number of nitrogens with one attached hydrogen (secondary N) is 1. The largest absolute Gasteiger partial charge is 0.383 e. The third kappa shape index (κ3) is 4.49. The molecule has 6 heteroatoms. The number of nitrogens with zero attached hydrogens (tertiary/aromatic N) is 4. The Hall–Kier alpha value is -2.05. The maximum Gasteiger partial charge on any atom is 0.227 e. The first-order chi connectivity index (χ1) is 11.7. The third-order valence-corrected chi connectivity index (χ3v) is 4.33. The number of rotatable bonds is 6. The zero-order valence-corrected chi connectivity index (χ0v) is 14.4. The second kappa shape index (κ2) is 8.17. The normalized spacial score (nSPS) is 18.5. The summed E-state index contributed by atoms with van der Waals surface area (Å²) in [5, 5.41) is 3.27. The first-order valence-corrected chi connectivity index (χ1v) is 8.48.